The Hall–Kier alpha value is -1.96. The second-order valence-electron chi connectivity index (χ2n) is 4.42. The molecule has 18 heavy (non-hydrogen) atoms. The molecule has 2 aromatic rings. The first kappa shape index (κ1) is 12.5. The van der Waals surface area contributed by atoms with Crippen LogP contribution in [0.25, 0.3) is 0 Å². The van der Waals surface area contributed by atoms with E-state index in [-0.39, 0.29) is 5.92 Å². The topological polar surface area (TPSA) is 9.23 Å². The van der Waals surface area contributed by atoms with Crippen molar-refractivity contribution >= 4 is 13.3 Å². The molecule has 0 saturated heterocycles. The summed E-state index contributed by atoms with van der Waals surface area (Å²) in [5.41, 5.74) is 3.67. The van der Waals surface area contributed by atoms with Gasteiger partial charge in [-0.15, -0.1) is 0 Å². The summed E-state index contributed by atoms with van der Waals surface area (Å²) in [6, 6.07) is 18.8. The predicted octanol–water partition coefficient (Wildman–Crippen LogP) is 2.24. The largest absolute Gasteiger partial charge is 0.501 e. The molecule has 0 saturated carbocycles. The van der Waals surface area contributed by atoms with E-state index in [1.165, 1.54) is 16.6 Å². The minimum absolute atomic E-state index is 0.0943. The monoisotopic (exact) mass is 236 g/mol. The third kappa shape index (κ3) is 2.65. The average molecular weight is 236 g/mol. The van der Waals surface area contributed by atoms with Crippen LogP contribution >= 0.6 is 0 Å². The van der Waals surface area contributed by atoms with Crippen LogP contribution in [0.15, 0.2) is 66.9 Å². The number of ether oxygens (including phenoxy) is 1. The van der Waals surface area contributed by atoms with Gasteiger partial charge in [-0.25, -0.2) is 0 Å². The first-order chi connectivity index (χ1) is 8.72. The second-order valence-corrected chi connectivity index (χ2v) is 4.42. The van der Waals surface area contributed by atoms with Gasteiger partial charge in [-0.2, -0.15) is 0 Å². The van der Waals surface area contributed by atoms with Crippen LogP contribution < -0.4 is 5.46 Å². The Morgan fingerprint density at radius 3 is 2.11 bits per heavy atom. The minimum atomic E-state index is 0.0943. The molecule has 1 unspecified atom stereocenters. The van der Waals surface area contributed by atoms with E-state index in [0.717, 1.165) is 5.76 Å². The highest BCUT2D eigenvalue weighted by Gasteiger charge is 2.17. The van der Waals surface area contributed by atoms with Crippen LogP contribution in [-0.4, -0.2) is 15.0 Å². The molecule has 0 aliphatic heterocycles. The van der Waals surface area contributed by atoms with E-state index in [9.17, 15) is 0 Å². The maximum absolute atomic E-state index is 5.36. The van der Waals surface area contributed by atoms with Crippen molar-refractivity contribution in [3.63, 3.8) is 0 Å². The molecule has 2 aromatic carbocycles. The average Bonchev–Trinajstić information content (AvgIpc) is 2.42. The fourth-order valence-corrected chi connectivity index (χ4v) is 2.09. The third-order valence-electron chi connectivity index (χ3n) is 3.13. The zero-order valence-electron chi connectivity index (χ0n) is 10.9. The van der Waals surface area contributed by atoms with E-state index in [1.54, 1.807) is 7.11 Å². The Bertz CT molecular complexity index is 517. The lowest BCUT2D eigenvalue weighted by Crippen LogP contribution is -2.08. The highest BCUT2D eigenvalue weighted by atomic mass is 16.5. The van der Waals surface area contributed by atoms with E-state index in [2.05, 4.69) is 50.8 Å². The lowest BCUT2D eigenvalue weighted by Gasteiger charge is -2.19. The standard InChI is InChI=1S/C16H17BO/c1-12(18-2)16(13-6-4-3-5-7-13)14-8-10-15(17)11-9-14/h3-11,16H,1,17H2,2H3. The lowest BCUT2D eigenvalue weighted by atomic mass is 9.87. The summed E-state index contributed by atoms with van der Waals surface area (Å²) in [5.74, 6) is 0.863. The van der Waals surface area contributed by atoms with Crippen molar-refractivity contribution in [3.8, 4) is 0 Å². The molecule has 2 rings (SSSR count). The van der Waals surface area contributed by atoms with Gasteiger partial charge in [0.1, 0.15) is 13.6 Å². The van der Waals surface area contributed by atoms with Gasteiger partial charge in [0.05, 0.1) is 13.0 Å². The van der Waals surface area contributed by atoms with Gasteiger partial charge in [-0.3, -0.25) is 0 Å². The number of rotatable bonds is 4. The Labute approximate surface area is 110 Å². The van der Waals surface area contributed by atoms with Gasteiger partial charge in [-0.05, 0) is 11.1 Å². The molecule has 0 bridgehead atoms. The smallest absolute Gasteiger partial charge is 0.139 e. The summed E-state index contributed by atoms with van der Waals surface area (Å²) >= 11 is 0. The van der Waals surface area contributed by atoms with E-state index < -0.39 is 0 Å². The fraction of sp³-hybridized carbons (Fsp3) is 0.125. The molecular formula is C16H17BO. The van der Waals surface area contributed by atoms with Gasteiger partial charge in [0, 0.05) is 0 Å². The summed E-state index contributed by atoms with van der Waals surface area (Å²) in [7, 11) is 3.76. The maximum atomic E-state index is 5.36. The van der Waals surface area contributed by atoms with Gasteiger partial charge in [0.15, 0.2) is 0 Å². The molecular weight excluding hydrogens is 219 g/mol. The number of benzene rings is 2. The van der Waals surface area contributed by atoms with Crippen molar-refractivity contribution in [2.75, 3.05) is 7.11 Å². The SMILES string of the molecule is Bc1ccc(C(C(=C)OC)c2ccccc2)cc1. The van der Waals surface area contributed by atoms with Crippen molar-refractivity contribution in [2.24, 2.45) is 0 Å². The molecule has 1 atom stereocenters. The van der Waals surface area contributed by atoms with Crippen molar-refractivity contribution in [2.45, 2.75) is 5.92 Å². The summed E-state index contributed by atoms with van der Waals surface area (Å²) in [6.45, 7) is 4.03. The van der Waals surface area contributed by atoms with Crippen molar-refractivity contribution in [1.82, 2.24) is 0 Å². The Morgan fingerprint density at radius 2 is 1.56 bits per heavy atom. The van der Waals surface area contributed by atoms with Gasteiger partial charge in [0.25, 0.3) is 0 Å². The van der Waals surface area contributed by atoms with Crippen molar-refractivity contribution in [1.29, 1.82) is 0 Å². The van der Waals surface area contributed by atoms with E-state index in [1.807, 2.05) is 18.2 Å². The Kier molecular flexibility index (Phi) is 3.88. The quantitative estimate of drug-likeness (QED) is 0.584. The van der Waals surface area contributed by atoms with Gasteiger partial charge >= 0.3 is 0 Å². The van der Waals surface area contributed by atoms with Crippen LogP contribution in [0.5, 0.6) is 0 Å². The summed E-state index contributed by atoms with van der Waals surface area (Å²) in [4.78, 5) is 0. The van der Waals surface area contributed by atoms with E-state index in [4.69, 9.17) is 4.74 Å². The number of hydrogen-bond donors (Lipinski definition) is 0. The minimum Gasteiger partial charge on any atom is -0.501 e. The van der Waals surface area contributed by atoms with Crippen molar-refractivity contribution in [3.05, 3.63) is 78.1 Å². The van der Waals surface area contributed by atoms with Gasteiger partial charge in [0.2, 0.25) is 0 Å². The molecule has 0 aliphatic carbocycles. The first-order valence-corrected chi connectivity index (χ1v) is 6.06. The molecule has 2 heteroatoms. The molecule has 0 N–H and O–H groups in total. The van der Waals surface area contributed by atoms with Gasteiger partial charge in [-0.1, -0.05) is 66.6 Å². The molecule has 0 amide bonds. The molecule has 0 aliphatic rings. The molecule has 90 valence electrons. The number of methoxy groups -OCH3 is 1. The van der Waals surface area contributed by atoms with E-state index >= 15 is 0 Å². The molecule has 1 nitrogen and oxygen atoms in total. The Balaban J connectivity index is 2.43. The van der Waals surface area contributed by atoms with Gasteiger partial charge < -0.3 is 4.74 Å². The van der Waals surface area contributed by atoms with E-state index in [0.29, 0.717) is 0 Å². The summed E-state index contributed by atoms with van der Waals surface area (Å²) < 4.78 is 5.36. The lowest BCUT2D eigenvalue weighted by molar-refractivity contribution is 0.275. The molecule has 0 aromatic heterocycles. The second kappa shape index (κ2) is 5.59. The first-order valence-electron chi connectivity index (χ1n) is 6.06. The predicted molar refractivity (Wildman–Crippen MR) is 79.1 cm³/mol. The number of hydrogen-bond acceptors (Lipinski definition) is 1. The van der Waals surface area contributed by atoms with Crippen LogP contribution in [0.1, 0.15) is 17.0 Å². The highest BCUT2D eigenvalue weighted by molar-refractivity contribution is 6.32. The normalized spacial score (nSPS) is 11.8. The molecule has 0 radical (unpaired) electrons. The number of allylic oxidation sites excluding steroid dienone is 1. The summed E-state index contributed by atoms with van der Waals surface area (Å²) in [6.07, 6.45) is 0. The van der Waals surface area contributed by atoms with Crippen LogP contribution in [0.2, 0.25) is 0 Å². The van der Waals surface area contributed by atoms with Crippen molar-refractivity contribution < 1.29 is 4.74 Å². The van der Waals surface area contributed by atoms with Crippen LogP contribution in [0.3, 0.4) is 0 Å². The molecule has 0 fully saturated rings. The van der Waals surface area contributed by atoms with Crippen LogP contribution in [-0.2, 0) is 4.74 Å². The fourth-order valence-electron chi connectivity index (χ4n) is 2.09. The molecule has 0 spiro atoms. The zero-order chi connectivity index (χ0) is 13.0. The van der Waals surface area contributed by atoms with Crippen LogP contribution in [0.4, 0.5) is 0 Å². The molecule has 0 heterocycles. The highest BCUT2D eigenvalue weighted by Crippen LogP contribution is 2.30. The zero-order valence-corrected chi connectivity index (χ0v) is 10.9. The van der Waals surface area contributed by atoms with Crippen LogP contribution in [0, 0.1) is 0 Å². The Morgan fingerprint density at radius 1 is 1.00 bits per heavy atom. The summed E-state index contributed by atoms with van der Waals surface area (Å²) in [5, 5.41) is 0. The maximum Gasteiger partial charge on any atom is 0.139 e. The third-order valence-corrected chi connectivity index (χ3v) is 3.13.